The van der Waals surface area contributed by atoms with Gasteiger partial charge < -0.3 is 9.79 Å². The molecule has 0 aliphatic carbocycles. The van der Waals surface area contributed by atoms with Crippen LogP contribution in [0, 0.1) is 0 Å². The zero-order valence-electron chi connectivity index (χ0n) is 12.7. The zero-order chi connectivity index (χ0) is 15.1. The summed E-state index contributed by atoms with van der Waals surface area (Å²) in [5, 5.41) is 0. The zero-order valence-corrected chi connectivity index (χ0v) is 13.6. The Labute approximate surface area is 116 Å². The highest BCUT2D eigenvalue weighted by Crippen LogP contribution is 2.41. The molecule has 0 aromatic heterocycles. The highest BCUT2D eigenvalue weighted by Gasteiger charge is 2.22. The summed E-state index contributed by atoms with van der Waals surface area (Å²) in [6, 6.07) is 5.96. The summed E-state index contributed by atoms with van der Waals surface area (Å²) in [5.41, 5.74) is 2.87. The van der Waals surface area contributed by atoms with Gasteiger partial charge in [-0.2, -0.15) is 0 Å². The Morgan fingerprint density at radius 1 is 0.895 bits per heavy atom. The van der Waals surface area contributed by atoms with E-state index in [0.717, 1.165) is 11.1 Å². The molecule has 0 heterocycles. The van der Waals surface area contributed by atoms with Crippen LogP contribution in [0.3, 0.4) is 0 Å². The maximum atomic E-state index is 11.2. The lowest BCUT2D eigenvalue weighted by molar-refractivity contribution is 0.371. The lowest BCUT2D eigenvalue weighted by atomic mass is 9.80. The molecule has 0 bridgehead atoms. The molecule has 108 valence electrons. The van der Waals surface area contributed by atoms with Gasteiger partial charge in [0.2, 0.25) is 0 Å². The van der Waals surface area contributed by atoms with Gasteiger partial charge in [0.25, 0.3) is 0 Å². The van der Waals surface area contributed by atoms with Crippen LogP contribution in [-0.4, -0.2) is 9.79 Å². The molecular formula is C15H25O3P. The monoisotopic (exact) mass is 284 g/mol. The Morgan fingerprint density at radius 3 is 1.53 bits per heavy atom. The van der Waals surface area contributed by atoms with E-state index in [1.54, 1.807) is 0 Å². The van der Waals surface area contributed by atoms with E-state index in [2.05, 4.69) is 47.6 Å². The number of hydrogen-bond donors (Lipinski definition) is 2. The van der Waals surface area contributed by atoms with E-state index in [1.165, 1.54) is 0 Å². The molecule has 0 aliphatic heterocycles. The van der Waals surface area contributed by atoms with Gasteiger partial charge in [-0.25, -0.2) is 0 Å². The van der Waals surface area contributed by atoms with Crippen LogP contribution in [0.25, 0.3) is 0 Å². The first-order chi connectivity index (χ1) is 8.29. The fourth-order valence-corrected chi connectivity index (χ4v) is 2.55. The van der Waals surface area contributed by atoms with Crippen molar-refractivity contribution >= 4 is 7.60 Å². The van der Waals surface area contributed by atoms with E-state index in [0.29, 0.717) is 5.56 Å². The van der Waals surface area contributed by atoms with Crippen molar-refractivity contribution in [1.29, 1.82) is 0 Å². The Hall–Kier alpha value is -0.630. The quantitative estimate of drug-likeness (QED) is 0.808. The molecule has 3 nitrogen and oxygen atoms in total. The molecule has 1 aromatic rings. The fraction of sp³-hybridized carbons (Fsp3) is 0.600. The first-order valence-corrected chi connectivity index (χ1v) is 8.28. The van der Waals surface area contributed by atoms with Crippen molar-refractivity contribution in [3.63, 3.8) is 0 Å². The van der Waals surface area contributed by atoms with Crippen molar-refractivity contribution in [2.45, 2.75) is 58.5 Å². The summed E-state index contributed by atoms with van der Waals surface area (Å²) < 4.78 is 11.2. The number of rotatable bonds is 2. The molecule has 1 rings (SSSR count). The third kappa shape index (κ3) is 5.10. The van der Waals surface area contributed by atoms with Crippen LogP contribution in [0.5, 0.6) is 0 Å². The van der Waals surface area contributed by atoms with E-state index in [1.807, 2.05) is 12.1 Å². The van der Waals surface area contributed by atoms with Crippen molar-refractivity contribution in [3.05, 3.63) is 34.9 Å². The van der Waals surface area contributed by atoms with Gasteiger partial charge in [-0.05, 0) is 27.5 Å². The van der Waals surface area contributed by atoms with Crippen molar-refractivity contribution in [2.24, 2.45) is 0 Å². The molecule has 4 heteroatoms. The Morgan fingerprint density at radius 2 is 1.26 bits per heavy atom. The molecule has 1 aromatic carbocycles. The van der Waals surface area contributed by atoms with Crippen molar-refractivity contribution < 1.29 is 14.4 Å². The molecule has 0 aliphatic rings. The van der Waals surface area contributed by atoms with E-state index >= 15 is 0 Å². The summed E-state index contributed by atoms with van der Waals surface area (Å²) in [4.78, 5) is 18.3. The first-order valence-electron chi connectivity index (χ1n) is 6.48. The Bertz CT molecular complexity index is 469. The molecule has 19 heavy (non-hydrogen) atoms. The lowest BCUT2D eigenvalue weighted by Gasteiger charge is -2.26. The van der Waals surface area contributed by atoms with E-state index < -0.39 is 7.60 Å². The predicted molar refractivity (Wildman–Crippen MR) is 79.6 cm³/mol. The maximum Gasteiger partial charge on any atom is 0.329 e. The third-order valence-corrected chi connectivity index (χ3v) is 3.89. The molecular weight excluding hydrogens is 259 g/mol. The number of benzene rings is 1. The molecule has 0 radical (unpaired) electrons. The van der Waals surface area contributed by atoms with Crippen LogP contribution < -0.4 is 0 Å². The van der Waals surface area contributed by atoms with Crippen molar-refractivity contribution in [1.82, 2.24) is 0 Å². The Kier molecular flexibility index (Phi) is 4.36. The first kappa shape index (κ1) is 16.4. The second kappa shape index (κ2) is 5.05. The molecule has 0 unspecified atom stereocenters. The van der Waals surface area contributed by atoms with E-state index in [9.17, 15) is 4.57 Å². The van der Waals surface area contributed by atoms with Gasteiger partial charge >= 0.3 is 7.60 Å². The average Bonchev–Trinajstić information content (AvgIpc) is 2.11. The molecule has 0 atom stereocenters. The standard InChI is InChI=1S/C15H25O3P/c1-14(2,3)12-7-11(10-19(16,17)18)8-13(9-12)15(4,5)6/h7-9H,10H2,1-6H3,(H2,16,17,18). The van der Waals surface area contributed by atoms with E-state index in [4.69, 9.17) is 9.79 Å². The summed E-state index contributed by atoms with van der Waals surface area (Å²) in [6.45, 7) is 12.6. The summed E-state index contributed by atoms with van der Waals surface area (Å²) >= 11 is 0. The third-order valence-electron chi connectivity index (χ3n) is 3.11. The van der Waals surface area contributed by atoms with Crippen LogP contribution in [0.4, 0.5) is 0 Å². The minimum atomic E-state index is -4.03. The molecule has 0 saturated heterocycles. The van der Waals surface area contributed by atoms with Crippen LogP contribution in [0.1, 0.15) is 58.2 Å². The fourth-order valence-electron chi connectivity index (χ4n) is 1.89. The SMILES string of the molecule is CC(C)(C)c1cc(CP(=O)(O)O)cc(C(C)(C)C)c1. The molecule has 0 saturated carbocycles. The normalized spacial score (nSPS) is 13.7. The summed E-state index contributed by atoms with van der Waals surface area (Å²) in [6.07, 6.45) is -0.194. The minimum absolute atomic E-state index is 0.0368. The second-order valence-corrected chi connectivity index (χ2v) is 8.89. The van der Waals surface area contributed by atoms with Gasteiger partial charge in [0, 0.05) is 0 Å². The largest absolute Gasteiger partial charge is 0.329 e. The topological polar surface area (TPSA) is 57.5 Å². The minimum Gasteiger partial charge on any atom is -0.324 e. The second-order valence-electron chi connectivity index (χ2n) is 7.24. The lowest BCUT2D eigenvalue weighted by Crippen LogP contribution is -2.17. The van der Waals surface area contributed by atoms with E-state index in [-0.39, 0.29) is 17.0 Å². The summed E-state index contributed by atoms with van der Waals surface area (Å²) in [7, 11) is -4.03. The Balaban J connectivity index is 3.37. The average molecular weight is 284 g/mol. The molecule has 0 fully saturated rings. The van der Waals surface area contributed by atoms with Crippen LogP contribution in [-0.2, 0) is 21.6 Å². The van der Waals surface area contributed by atoms with Crippen molar-refractivity contribution in [2.75, 3.05) is 0 Å². The molecule has 0 spiro atoms. The van der Waals surface area contributed by atoms with Gasteiger partial charge in [-0.3, -0.25) is 4.57 Å². The predicted octanol–water partition coefficient (Wildman–Crippen LogP) is 3.96. The van der Waals surface area contributed by atoms with Crippen LogP contribution in [0.2, 0.25) is 0 Å². The van der Waals surface area contributed by atoms with Gasteiger partial charge in [0.05, 0.1) is 6.16 Å². The van der Waals surface area contributed by atoms with Crippen LogP contribution >= 0.6 is 7.60 Å². The summed E-state index contributed by atoms with van der Waals surface area (Å²) in [5.74, 6) is 0. The van der Waals surface area contributed by atoms with Gasteiger partial charge in [0.1, 0.15) is 0 Å². The highest BCUT2D eigenvalue weighted by atomic mass is 31.2. The molecule has 2 N–H and O–H groups in total. The van der Waals surface area contributed by atoms with Gasteiger partial charge in [0.15, 0.2) is 0 Å². The van der Waals surface area contributed by atoms with Gasteiger partial charge in [-0.15, -0.1) is 0 Å². The van der Waals surface area contributed by atoms with Gasteiger partial charge in [-0.1, -0.05) is 59.7 Å². The molecule has 0 amide bonds. The van der Waals surface area contributed by atoms with Crippen molar-refractivity contribution in [3.8, 4) is 0 Å². The smallest absolute Gasteiger partial charge is 0.324 e. The van der Waals surface area contributed by atoms with Crippen LogP contribution in [0.15, 0.2) is 18.2 Å². The number of hydrogen-bond acceptors (Lipinski definition) is 1. The highest BCUT2D eigenvalue weighted by molar-refractivity contribution is 7.50. The maximum absolute atomic E-state index is 11.2.